The van der Waals surface area contributed by atoms with Crippen molar-refractivity contribution in [3.05, 3.63) is 64.6 Å². The number of halogens is 1. The Morgan fingerprint density at radius 1 is 1.08 bits per heavy atom. The summed E-state index contributed by atoms with van der Waals surface area (Å²) in [6.07, 6.45) is 2.07. The van der Waals surface area contributed by atoms with Gasteiger partial charge >= 0.3 is 0 Å². The van der Waals surface area contributed by atoms with Crippen LogP contribution in [0.15, 0.2) is 59.1 Å². The largest absolute Gasteiger partial charge is 0.342 e. The lowest BCUT2D eigenvalue weighted by molar-refractivity contribution is -0.133. The van der Waals surface area contributed by atoms with Crippen LogP contribution in [0.2, 0.25) is 0 Å². The summed E-state index contributed by atoms with van der Waals surface area (Å²) < 4.78 is 0.973. The van der Waals surface area contributed by atoms with Gasteiger partial charge in [-0.2, -0.15) is 0 Å². The molecule has 0 aromatic heterocycles. The van der Waals surface area contributed by atoms with Gasteiger partial charge in [-0.3, -0.25) is 9.59 Å². The molecule has 2 amide bonds. The zero-order valence-electron chi connectivity index (χ0n) is 14.0. The van der Waals surface area contributed by atoms with Crippen molar-refractivity contribution in [2.45, 2.75) is 19.3 Å². The van der Waals surface area contributed by atoms with Crippen LogP contribution in [0.4, 0.5) is 5.69 Å². The normalized spacial score (nSPS) is 17.2. The van der Waals surface area contributed by atoms with Crippen molar-refractivity contribution in [3.63, 3.8) is 0 Å². The Labute approximate surface area is 156 Å². The number of carbonyl (C=O) groups is 2. The molecule has 4 nitrogen and oxygen atoms in total. The lowest BCUT2D eigenvalue weighted by Gasteiger charge is -2.32. The first-order valence-electron chi connectivity index (χ1n) is 8.50. The number of benzene rings is 2. The molecular formula is C20H21BrN2O2. The van der Waals surface area contributed by atoms with Crippen molar-refractivity contribution >= 4 is 33.4 Å². The van der Waals surface area contributed by atoms with Gasteiger partial charge in [-0.1, -0.05) is 46.3 Å². The fourth-order valence-electron chi connectivity index (χ4n) is 3.08. The highest BCUT2D eigenvalue weighted by atomic mass is 79.9. The van der Waals surface area contributed by atoms with E-state index >= 15 is 0 Å². The van der Waals surface area contributed by atoms with E-state index in [0.717, 1.165) is 35.1 Å². The third-order valence-electron chi connectivity index (χ3n) is 4.45. The van der Waals surface area contributed by atoms with Gasteiger partial charge in [0.05, 0.1) is 12.3 Å². The Balaban J connectivity index is 1.57. The maximum Gasteiger partial charge on any atom is 0.229 e. The molecule has 1 heterocycles. The molecule has 130 valence electrons. The molecule has 2 aromatic rings. The van der Waals surface area contributed by atoms with Crippen molar-refractivity contribution in [2.24, 2.45) is 5.92 Å². The number of rotatable bonds is 4. The van der Waals surface area contributed by atoms with E-state index < -0.39 is 0 Å². The molecule has 1 fully saturated rings. The minimum atomic E-state index is -0.155. The van der Waals surface area contributed by atoms with E-state index in [9.17, 15) is 9.59 Å². The Bertz CT molecular complexity index is 731. The summed E-state index contributed by atoms with van der Waals surface area (Å²) >= 11 is 3.38. The molecule has 2 aromatic carbocycles. The highest BCUT2D eigenvalue weighted by molar-refractivity contribution is 9.10. The molecule has 0 aliphatic carbocycles. The number of nitrogens with zero attached hydrogens (tertiary/aromatic N) is 1. The fraction of sp³-hybridized carbons (Fsp3) is 0.300. The highest BCUT2D eigenvalue weighted by Gasteiger charge is 2.28. The number of carbonyl (C=O) groups excluding carboxylic acids is 2. The summed E-state index contributed by atoms with van der Waals surface area (Å²) in [4.78, 5) is 26.9. The minimum Gasteiger partial charge on any atom is -0.342 e. The van der Waals surface area contributed by atoms with Gasteiger partial charge in [0.25, 0.3) is 0 Å². The molecule has 0 bridgehead atoms. The van der Waals surface area contributed by atoms with E-state index in [-0.39, 0.29) is 17.7 Å². The van der Waals surface area contributed by atoms with Gasteiger partial charge in [0, 0.05) is 23.2 Å². The van der Waals surface area contributed by atoms with E-state index in [1.54, 1.807) is 0 Å². The van der Waals surface area contributed by atoms with Gasteiger partial charge in [-0.15, -0.1) is 0 Å². The summed E-state index contributed by atoms with van der Waals surface area (Å²) in [6.45, 7) is 1.22. The van der Waals surface area contributed by atoms with Crippen LogP contribution in [-0.2, 0) is 16.0 Å². The molecule has 0 saturated carbocycles. The Hall–Kier alpha value is -2.14. The summed E-state index contributed by atoms with van der Waals surface area (Å²) in [6, 6.07) is 17.3. The van der Waals surface area contributed by atoms with E-state index in [1.807, 2.05) is 59.5 Å². The number of likely N-dealkylation sites (tertiary alicyclic amines) is 1. The molecular weight excluding hydrogens is 380 g/mol. The van der Waals surface area contributed by atoms with Gasteiger partial charge < -0.3 is 10.2 Å². The second-order valence-corrected chi connectivity index (χ2v) is 7.25. The third-order valence-corrected chi connectivity index (χ3v) is 4.98. The average molecular weight is 401 g/mol. The van der Waals surface area contributed by atoms with Crippen LogP contribution < -0.4 is 5.32 Å². The van der Waals surface area contributed by atoms with Crippen LogP contribution in [0, 0.1) is 5.92 Å². The van der Waals surface area contributed by atoms with Crippen LogP contribution >= 0.6 is 15.9 Å². The molecule has 5 heteroatoms. The molecule has 3 rings (SSSR count). The highest BCUT2D eigenvalue weighted by Crippen LogP contribution is 2.21. The summed E-state index contributed by atoms with van der Waals surface area (Å²) in [5.41, 5.74) is 1.79. The van der Waals surface area contributed by atoms with E-state index in [1.165, 1.54) is 0 Å². The zero-order valence-corrected chi connectivity index (χ0v) is 15.5. The molecule has 0 spiro atoms. The molecule has 1 aliphatic rings. The van der Waals surface area contributed by atoms with Gasteiger partial charge in [-0.05, 0) is 42.7 Å². The van der Waals surface area contributed by atoms with Crippen LogP contribution in [0.5, 0.6) is 0 Å². The van der Waals surface area contributed by atoms with Crippen LogP contribution in [0.1, 0.15) is 18.4 Å². The van der Waals surface area contributed by atoms with Crippen LogP contribution in [-0.4, -0.2) is 29.8 Å². The Kier molecular flexibility index (Phi) is 5.87. The van der Waals surface area contributed by atoms with Gasteiger partial charge in [-0.25, -0.2) is 0 Å². The first-order chi connectivity index (χ1) is 12.1. The van der Waals surface area contributed by atoms with Gasteiger partial charge in [0.1, 0.15) is 0 Å². The number of hydrogen-bond donors (Lipinski definition) is 1. The molecule has 25 heavy (non-hydrogen) atoms. The van der Waals surface area contributed by atoms with Crippen LogP contribution in [0.25, 0.3) is 0 Å². The monoisotopic (exact) mass is 400 g/mol. The van der Waals surface area contributed by atoms with E-state index in [2.05, 4.69) is 21.2 Å². The van der Waals surface area contributed by atoms with Crippen molar-refractivity contribution in [3.8, 4) is 0 Å². The maximum atomic E-state index is 12.5. The van der Waals surface area contributed by atoms with Crippen molar-refractivity contribution in [1.29, 1.82) is 0 Å². The predicted octanol–water partition coefficient (Wildman–Crippen LogP) is 3.87. The van der Waals surface area contributed by atoms with Gasteiger partial charge in [0.2, 0.25) is 11.8 Å². The number of nitrogens with one attached hydrogen (secondary N) is 1. The zero-order chi connectivity index (χ0) is 17.6. The smallest absolute Gasteiger partial charge is 0.229 e. The topological polar surface area (TPSA) is 49.4 Å². The SMILES string of the molecule is O=C(Nc1ccc(Br)cc1)C1CCCN(C(=O)Cc2ccccc2)C1. The maximum absolute atomic E-state index is 12.5. The second-order valence-electron chi connectivity index (χ2n) is 6.34. The average Bonchev–Trinajstić information content (AvgIpc) is 2.64. The summed E-state index contributed by atoms with van der Waals surface area (Å²) in [5.74, 6) is -0.0796. The van der Waals surface area contributed by atoms with Crippen molar-refractivity contribution < 1.29 is 9.59 Å². The lowest BCUT2D eigenvalue weighted by atomic mass is 9.96. The standard InChI is InChI=1S/C20H21BrN2O2/c21-17-8-10-18(11-9-17)22-20(25)16-7-4-12-23(14-16)19(24)13-15-5-2-1-3-6-15/h1-3,5-6,8-11,16H,4,7,12-14H2,(H,22,25). The molecule has 1 saturated heterocycles. The molecule has 1 N–H and O–H groups in total. The predicted molar refractivity (Wildman–Crippen MR) is 102 cm³/mol. The Morgan fingerprint density at radius 2 is 1.80 bits per heavy atom. The van der Waals surface area contributed by atoms with E-state index in [0.29, 0.717) is 13.0 Å². The van der Waals surface area contributed by atoms with E-state index in [4.69, 9.17) is 0 Å². The van der Waals surface area contributed by atoms with Crippen molar-refractivity contribution in [2.75, 3.05) is 18.4 Å². The number of piperidine rings is 1. The molecule has 1 aliphatic heterocycles. The summed E-state index contributed by atoms with van der Waals surface area (Å²) in [5, 5.41) is 2.95. The molecule has 1 atom stereocenters. The first kappa shape index (κ1) is 17.7. The third kappa shape index (κ3) is 4.92. The molecule has 0 radical (unpaired) electrons. The fourth-order valence-corrected chi connectivity index (χ4v) is 3.34. The lowest BCUT2D eigenvalue weighted by Crippen LogP contribution is -2.44. The summed E-state index contributed by atoms with van der Waals surface area (Å²) in [7, 11) is 0. The quantitative estimate of drug-likeness (QED) is 0.846. The second kappa shape index (κ2) is 8.30. The number of anilines is 1. The van der Waals surface area contributed by atoms with Crippen LogP contribution in [0.3, 0.4) is 0 Å². The molecule has 1 unspecified atom stereocenters. The van der Waals surface area contributed by atoms with Gasteiger partial charge in [0.15, 0.2) is 0 Å². The Morgan fingerprint density at radius 3 is 2.52 bits per heavy atom. The number of amides is 2. The first-order valence-corrected chi connectivity index (χ1v) is 9.29. The number of hydrogen-bond acceptors (Lipinski definition) is 2. The van der Waals surface area contributed by atoms with Crippen molar-refractivity contribution in [1.82, 2.24) is 4.90 Å². The minimum absolute atomic E-state index is 0.0143.